The third-order valence-electron chi connectivity index (χ3n) is 1.56. The minimum atomic E-state index is -4.55. The summed E-state index contributed by atoms with van der Waals surface area (Å²) >= 11 is 0. The Morgan fingerprint density at radius 2 is 1.93 bits per heavy atom. The zero-order valence-corrected chi connectivity index (χ0v) is 6.82. The highest BCUT2D eigenvalue weighted by Crippen LogP contribution is 2.30. The molecule has 14 heavy (non-hydrogen) atoms. The molecule has 0 bridgehead atoms. The summed E-state index contributed by atoms with van der Waals surface area (Å²) in [7, 11) is 0. The van der Waals surface area contributed by atoms with Crippen LogP contribution >= 0.6 is 0 Å². The Labute approximate surface area is 77.2 Å². The Bertz CT molecular complexity index is 388. The lowest BCUT2D eigenvalue weighted by Crippen LogP contribution is -2.05. The molecular weight excluding hydrogens is 198 g/mol. The molecule has 1 aromatic carbocycles. The molecule has 0 unspecified atom stereocenters. The van der Waals surface area contributed by atoms with Crippen LogP contribution in [0.5, 0.6) is 0 Å². The van der Waals surface area contributed by atoms with E-state index in [2.05, 4.69) is 0 Å². The molecule has 1 rings (SSSR count). The Kier molecular flexibility index (Phi) is 2.72. The monoisotopic (exact) mass is 203 g/mol. The van der Waals surface area contributed by atoms with Crippen molar-refractivity contribution in [1.29, 1.82) is 5.41 Å². The number of benzene rings is 1. The van der Waals surface area contributed by atoms with Gasteiger partial charge in [0.25, 0.3) is 0 Å². The molecule has 0 saturated carbocycles. The van der Waals surface area contributed by atoms with Crippen LogP contribution in [0.15, 0.2) is 18.2 Å². The fourth-order valence-corrected chi connectivity index (χ4v) is 0.898. The first-order valence-electron chi connectivity index (χ1n) is 3.57. The molecule has 0 amide bonds. The number of nitrogens with one attached hydrogen (secondary N) is 1. The summed E-state index contributed by atoms with van der Waals surface area (Å²) in [5.74, 6) is 0.772. The molecule has 0 aliphatic heterocycles. The standard InChI is InChI=1S/C9H5F4N/c10-8-5-7(9(11,12)13)2-1-6(8)3-4-14/h1-3,5,14H. The zero-order valence-electron chi connectivity index (χ0n) is 6.82. The van der Waals surface area contributed by atoms with E-state index in [0.29, 0.717) is 6.07 Å². The van der Waals surface area contributed by atoms with Gasteiger partial charge in [-0.2, -0.15) is 13.2 Å². The molecule has 1 aromatic rings. The summed E-state index contributed by atoms with van der Waals surface area (Å²) in [5, 5.41) is 6.52. The predicted molar refractivity (Wildman–Crippen MR) is 43.6 cm³/mol. The van der Waals surface area contributed by atoms with Gasteiger partial charge in [-0.05, 0) is 18.0 Å². The SMILES string of the molecule is N=C=Cc1ccc(C(F)(F)F)cc1F. The first-order chi connectivity index (χ1) is 6.45. The van der Waals surface area contributed by atoms with Gasteiger partial charge in [-0.1, -0.05) is 6.07 Å². The highest BCUT2D eigenvalue weighted by Gasteiger charge is 2.30. The molecule has 0 aliphatic carbocycles. The van der Waals surface area contributed by atoms with Crippen LogP contribution in [0, 0.1) is 11.2 Å². The van der Waals surface area contributed by atoms with E-state index in [1.807, 2.05) is 0 Å². The Balaban J connectivity index is 3.19. The van der Waals surface area contributed by atoms with Gasteiger partial charge >= 0.3 is 6.18 Å². The molecule has 0 fully saturated rings. The van der Waals surface area contributed by atoms with E-state index in [9.17, 15) is 17.6 Å². The number of hydrogen-bond donors (Lipinski definition) is 1. The molecule has 0 spiro atoms. The normalized spacial score (nSPS) is 10.9. The van der Waals surface area contributed by atoms with Gasteiger partial charge in [-0.15, -0.1) is 0 Å². The van der Waals surface area contributed by atoms with Gasteiger partial charge in [-0.25, -0.2) is 4.39 Å². The molecule has 5 heteroatoms. The predicted octanol–water partition coefficient (Wildman–Crippen LogP) is 3.11. The lowest BCUT2D eigenvalue weighted by Gasteiger charge is -2.06. The van der Waals surface area contributed by atoms with Crippen LogP contribution in [0.3, 0.4) is 0 Å². The van der Waals surface area contributed by atoms with Crippen LogP contribution in [-0.4, -0.2) is 5.87 Å². The van der Waals surface area contributed by atoms with Crippen molar-refractivity contribution in [3.8, 4) is 0 Å². The Morgan fingerprint density at radius 1 is 1.29 bits per heavy atom. The second kappa shape index (κ2) is 3.64. The van der Waals surface area contributed by atoms with Gasteiger partial charge in [0.05, 0.1) is 5.56 Å². The van der Waals surface area contributed by atoms with Gasteiger partial charge in [0.1, 0.15) is 5.82 Å². The number of hydrogen-bond acceptors (Lipinski definition) is 1. The zero-order chi connectivity index (χ0) is 10.8. The average Bonchev–Trinajstić information content (AvgIpc) is 2.07. The van der Waals surface area contributed by atoms with Gasteiger partial charge in [-0.3, -0.25) is 5.41 Å². The molecule has 74 valence electrons. The minimum absolute atomic E-state index is 0.0898. The van der Waals surface area contributed by atoms with Crippen LogP contribution in [0.4, 0.5) is 17.6 Å². The molecule has 0 aromatic heterocycles. The second-order valence-corrected chi connectivity index (χ2v) is 2.52. The smallest absolute Gasteiger partial charge is 0.259 e. The number of alkyl halides is 3. The van der Waals surface area contributed by atoms with Crippen molar-refractivity contribution in [3.05, 3.63) is 35.1 Å². The van der Waals surface area contributed by atoms with Crippen LogP contribution in [0.2, 0.25) is 0 Å². The van der Waals surface area contributed by atoms with Crippen molar-refractivity contribution in [1.82, 2.24) is 0 Å². The first kappa shape index (κ1) is 10.5. The summed E-state index contributed by atoms with van der Waals surface area (Å²) in [4.78, 5) is 0. The van der Waals surface area contributed by atoms with Crippen LogP contribution in [0.1, 0.15) is 11.1 Å². The number of rotatable bonds is 1. The molecule has 0 atom stereocenters. The van der Waals surface area contributed by atoms with Gasteiger partial charge in [0.15, 0.2) is 0 Å². The molecule has 1 N–H and O–H groups in total. The highest BCUT2D eigenvalue weighted by molar-refractivity contribution is 5.76. The topological polar surface area (TPSA) is 23.9 Å². The van der Waals surface area contributed by atoms with Gasteiger partial charge in [0, 0.05) is 11.6 Å². The van der Waals surface area contributed by atoms with E-state index in [0.717, 1.165) is 18.2 Å². The lowest BCUT2D eigenvalue weighted by atomic mass is 10.1. The van der Waals surface area contributed by atoms with Crippen molar-refractivity contribution in [2.24, 2.45) is 0 Å². The molecule has 1 nitrogen and oxygen atoms in total. The van der Waals surface area contributed by atoms with Gasteiger partial charge < -0.3 is 0 Å². The van der Waals surface area contributed by atoms with E-state index in [1.165, 1.54) is 0 Å². The Morgan fingerprint density at radius 3 is 2.36 bits per heavy atom. The van der Waals surface area contributed by atoms with Gasteiger partial charge in [0.2, 0.25) is 0 Å². The average molecular weight is 203 g/mol. The molecule has 0 radical (unpaired) electrons. The largest absolute Gasteiger partial charge is 0.416 e. The number of halogens is 4. The molecular formula is C9H5F4N. The summed E-state index contributed by atoms with van der Waals surface area (Å²) < 4.78 is 49.1. The van der Waals surface area contributed by atoms with E-state index in [4.69, 9.17) is 5.41 Å². The maximum atomic E-state index is 12.9. The fourth-order valence-electron chi connectivity index (χ4n) is 0.898. The highest BCUT2D eigenvalue weighted by atomic mass is 19.4. The van der Waals surface area contributed by atoms with Crippen molar-refractivity contribution < 1.29 is 17.6 Å². The van der Waals surface area contributed by atoms with Crippen molar-refractivity contribution in [3.63, 3.8) is 0 Å². The summed E-state index contributed by atoms with van der Waals surface area (Å²) in [6.07, 6.45) is -3.59. The summed E-state index contributed by atoms with van der Waals surface area (Å²) in [5.41, 5.74) is -1.13. The lowest BCUT2D eigenvalue weighted by molar-refractivity contribution is -0.137. The van der Waals surface area contributed by atoms with E-state index in [-0.39, 0.29) is 5.56 Å². The Hall–Kier alpha value is -1.61. The van der Waals surface area contributed by atoms with Crippen LogP contribution < -0.4 is 0 Å². The van der Waals surface area contributed by atoms with Crippen LogP contribution in [-0.2, 0) is 6.18 Å². The van der Waals surface area contributed by atoms with Crippen molar-refractivity contribution >= 4 is 11.9 Å². The maximum absolute atomic E-state index is 12.9. The maximum Gasteiger partial charge on any atom is 0.416 e. The second-order valence-electron chi connectivity index (χ2n) is 2.52. The van der Waals surface area contributed by atoms with Crippen molar-refractivity contribution in [2.75, 3.05) is 0 Å². The third-order valence-corrected chi connectivity index (χ3v) is 1.56. The van der Waals surface area contributed by atoms with E-state index < -0.39 is 17.6 Å². The first-order valence-corrected chi connectivity index (χ1v) is 3.57. The van der Waals surface area contributed by atoms with E-state index >= 15 is 0 Å². The van der Waals surface area contributed by atoms with E-state index in [1.54, 1.807) is 5.87 Å². The summed E-state index contributed by atoms with van der Waals surface area (Å²) in [6, 6.07) is 2.11. The molecule has 0 saturated heterocycles. The quantitative estimate of drug-likeness (QED) is 0.535. The fraction of sp³-hybridized carbons (Fsp3) is 0.111. The van der Waals surface area contributed by atoms with Crippen LogP contribution in [0.25, 0.3) is 6.08 Å². The molecule has 0 aliphatic rings. The third kappa shape index (κ3) is 2.20. The minimum Gasteiger partial charge on any atom is -0.259 e. The molecule has 0 heterocycles. The van der Waals surface area contributed by atoms with Crippen molar-refractivity contribution in [2.45, 2.75) is 6.18 Å². The summed E-state index contributed by atoms with van der Waals surface area (Å²) in [6.45, 7) is 0.